The van der Waals surface area contributed by atoms with E-state index in [-0.39, 0.29) is 0 Å². The second kappa shape index (κ2) is 6.60. The van der Waals surface area contributed by atoms with Crippen molar-refractivity contribution in [2.75, 3.05) is 13.1 Å². The molecule has 0 fully saturated rings. The van der Waals surface area contributed by atoms with Gasteiger partial charge in [-0.1, -0.05) is 12.2 Å². The summed E-state index contributed by atoms with van der Waals surface area (Å²) in [6, 6.07) is 0.476. The van der Waals surface area contributed by atoms with Crippen molar-refractivity contribution in [1.82, 2.24) is 14.5 Å². The average molecular weight is 240 g/mol. The molecule has 1 rings (SSSR count). The molecule has 0 spiro atoms. The van der Waals surface area contributed by atoms with Gasteiger partial charge in [-0.05, 0) is 20.3 Å². The number of hydrogen-bond donors (Lipinski definition) is 1. The number of rotatable bonds is 7. The molecule has 1 aromatic heterocycles. The average Bonchev–Trinajstić information content (AvgIpc) is 2.68. The minimum absolute atomic E-state index is 0.476. The third kappa shape index (κ3) is 4.72. The first-order valence-corrected chi connectivity index (χ1v) is 5.98. The van der Waals surface area contributed by atoms with Crippen molar-refractivity contribution in [2.24, 2.45) is 5.73 Å². The predicted octanol–water partition coefficient (Wildman–Crippen LogP) is 1.27. The van der Waals surface area contributed by atoms with Crippen LogP contribution in [0.5, 0.6) is 0 Å². The highest BCUT2D eigenvalue weighted by Crippen LogP contribution is 2.01. The van der Waals surface area contributed by atoms with Gasteiger partial charge in [0.2, 0.25) is 0 Å². The van der Waals surface area contributed by atoms with Crippen LogP contribution in [0.2, 0.25) is 0 Å². The van der Waals surface area contributed by atoms with Gasteiger partial charge in [0.05, 0.1) is 11.3 Å². The van der Waals surface area contributed by atoms with E-state index in [0.717, 1.165) is 19.5 Å². The van der Waals surface area contributed by atoms with Crippen LogP contribution in [0.25, 0.3) is 0 Å². The molecule has 5 heteroatoms. The molecule has 2 N–H and O–H groups in total. The third-order valence-corrected chi connectivity index (χ3v) is 2.64. The summed E-state index contributed by atoms with van der Waals surface area (Å²) in [5.41, 5.74) is 5.57. The Balaban J connectivity index is 2.29. The van der Waals surface area contributed by atoms with Gasteiger partial charge in [0, 0.05) is 38.1 Å². The molecule has 0 aliphatic heterocycles. The number of imidazole rings is 1. The molecular weight excluding hydrogens is 220 g/mol. The molecule has 0 aromatic carbocycles. The lowest BCUT2D eigenvalue weighted by Gasteiger charge is -2.25. The molecule has 0 aliphatic rings. The second-order valence-corrected chi connectivity index (χ2v) is 4.71. The normalized spacial score (nSPS) is 11.2. The fraction of sp³-hybridized carbons (Fsp3) is 0.636. The van der Waals surface area contributed by atoms with Crippen LogP contribution in [0.3, 0.4) is 0 Å². The molecule has 4 nitrogen and oxygen atoms in total. The van der Waals surface area contributed by atoms with E-state index >= 15 is 0 Å². The first kappa shape index (κ1) is 13.1. The summed E-state index contributed by atoms with van der Waals surface area (Å²) in [6.07, 6.45) is 6.70. The van der Waals surface area contributed by atoms with E-state index in [9.17, 15) is 0 Å². The molecule has 90 valence electrons. The minimum Gasteiger partial charge on any atom is -0.392 e. The van der Waals surface area contributed by atoms with E-state index in [0.29, 0.717) is 17.6 Å². The Bertz CT molecular complexity index is 308. The molecule has 16 heavy (non-hydrogen) atoms. The van der Waals surface area contributed by atoms with Crippen LogP contribution in [0.1, 0.15) is 20.3 Å². The van der Waals surface area contributed by atoms with Gasteiger partial charge >= 0.3 is 0 Å². The number of nitrogens with two attached hydrogens (primary N) is 1. The van der Waals surface area contributed by atoms with Crippen LogP contribution in [0.15, 0.2) is 18.7 Å². The molecule has 0 saturated carbocycles. The fourth-order valence-electron chi connectivity index (χ4n) is 1.60. The Kier molecular flexibility index (Phi) is 5.42. The van der Waals surface area contributed by atoms with Gasteiger partial charge in [0.1, 0.15) is 0 Å². The van der Waals surface area contributed by atoms with Crippen LogP contribution in [0, 0.1) is 0 Å². The molecule has 0 bridgehead atoms. The highest BCUT2D eigenvalue weighted by Gasteiger charge is 2.09. The van der Waals surface area contributed by atoms with Crippen LogP contribution in [-0.2, 0) is 6.54 Å². The number of nitrogens with zero attached hydrogens (tertiary/aromatic N) is 3. The number of hydrogen-bond acceptors (Lipinski definition) is 3. The number of aryl methyl sites for hydroxylation is 1. The summed E-state index contributed by atoms with van der Waals surface area (Å²) in [5.74, 6) is 0. The van der Waals surface area contributed by atoms with Gasteiger partial charge in [-0.25, -0.2) is 4.98 Å². The largest absolute Gasteiger partial charge is 0.392 e. The molecule has 0 radical (unpaired) electrons. The zero-order chi connectivity index (χ0) is 12.0. The van der Waals surface area contributed by atoms with Crippen molar-refractivity contribution >= 4 is 17.2 Å². The standard InChI is InChI=1S/C11H20N4S/c1-10(2)15(8-11(12)16)6-3-5-14-7-4-13-9-14/h4,7,9-10H,3,5-6,8H2,1-2H3,(H2,12,16). The second-order valence-electron chi connectivity index (χ2n) is 4.18. The van der Waals surface area contributed by atoms with Crippen LogP contribution in [0.4, 0.5) is 0 Å². The van der Waals surface area contributed by atoms with Gasteiger partial charge in [-0.3, -0.25) is 4.90 Å². The SMILES string of the molecule is CC(C)N(CCCn1ccnc1)CC(N)=S. The van der Waals surface area contributed by atoms with Crippen molar-refractivity contribution in [2.45, 2.75) is 32.9 Å². The summed E-state index contributed by atoms with van der Waals surface area (Å²) < 4.78 is 2.08. The number of thiocarbonyl (C=S) groups is 1. The van der Waals surface area contributed by atoms with E-state index in [2.05, 4.69) is 28.3 Å². The van der Waals surface area contributed by atoms with E-state index in [4.69, 9.17) is 18.0 Å². The van der Waals surface area contributed by atoms with Crippen molar-refractivity contribution in [3.63, 3.8) is 0 Å². The Labute approximate surface area is 102 Å². The lowest BCUT2D eigenvalue weighted by atomic mass is 10.3. The molecule has 0 aliphatic carbocycles. The fourth-order valence-corrected chi connectivity index (χ4v) is 1.76. The van der Waals surface area contributed by atoms with Crippen LogP contribution in [-0.4, -0.2) is 38.6 Å². The van der Waals surface area contributed by atoms with Gasteiger partial charge in [0.25, 0.3) is 0 Å². The molecule has 0 unspecified atom stereocenters. The van der Waals surface area contributed by atoms with E-state index in [1.165, 1.54) is 0 Å². The maximum absolute atomic E-state index is 5.57. The zero-order valence-electron chi connectivity index (χ0n) is 9.97. The topological polar surface area (TPSA) is 47.1 Å². The quantitative estimate of drug-likeness (QED) is 0.729. The van der Waals surface area contributed by atoms with E-state index in [1.54, 1.807) is 6.20 Å². The van der Waals surface area contributed by atoms with Crippen LogP contribution >= 0.6 is 12.2 Å². The Hall–Kier alpha value is -0.940. The number of aromatic nitrogens is 2. The maximum atomic E-state index is 5.57. The predicted molar refractivity (Wildman–Crippen MR) is 70.3 cm³/mol. The monoisotopic (exact) mass is 240 g/mol. The molecule has 1 aromatic rings. The summed E-state index contributed by atoms with van der Waals surface area (Å²) in [7, 11) is 0. The summed E-state index contributed by atoms with van der Waals surface area (Å²) >= 11 is 4.94. The van der Waals surface area contributed by atoms with E-state index < -0.39 is 0 Å². The summed E-state index contributed by atoms with van der Waals surface area (Å²) in [5, 5.41) is 0. The van der Waals surface area contributed by atoms with Crippen LogP contribution < -0.4 is 5.73 Å². The first-order valence-electron chi connectivity index (χ1n) is 5.57. The van der Waals surface area contributed by atoms with Gasteiger partial charge in [-0.15, -0.1) is 0 Å². The van der Waals surface area contributed by atoms with E-state index in [1.807, 2.05) is 12.5 Å². The molecule has 0 amide bonds. The van der Waals surface area contributed by atoms with Gasteiger partial charge in [-0.2, -0.15) is 0 Å². The molecule has 0 saturated heterocycles. The first-order chi connectivity index (χ1) is 7.59. The molecular formula is C11H20N4S. The highest BCUT2D eigenvalue weighted by molar-refractivity contribution is 7.80. The van der Waals surface area contributed by atoms with Gasteiger partial charge < -0.3 is 10.3 Å². The lowest BCUT2D eigenvalue weighted by molar-refractivity contribution is 0.246. The lowest BCUT2D eigenvalue weighted by Crippen LogP contribution is -2.38. The van der Waals surface area contributed by atoms with Crippen molar-refractivity contribution < 1.29 is 0 Å². The minimum atomic E-state index is 0.476. The molecule has 0 atom stereocenters. The van der Waals surface area contributed by atoms with Crippen molar-refractivity contribution in [1.29, 1.82) is 0 Å². The van der Waals surface area contributed by atoms with Crippen molar-refractivity contribution in [3.8, 4) is 0 Å². The summed E-state index contributed by atoms with van der Waals surface area (Å²) in [6.45, 7) is 7.02. The Morgan fingerprint density at radius 3 is 2.81 bits per heavy atom. The smallest absolute Gasteiger partial charge is 0.0945 e. The molecule has 1 heterocycles. The Morgan fingerprint density at radius 1 is 1.56 bits per heavy atom. The maximum Gasteiger partial charge on any atom is 0.0945 e. The van der Waals surface area contributed by atoms with Crippen molar-refractivity contribution in [3.05, 3.63) is 18.7 Å². The Morgan fingerprint density at radius 2 is 2.31 bits per heavy atom. The zero-order valence-corrected chi connectivity index (χ0v) is 10.8. The third-order valence-electron chi connectivity index (χ3n) is 2.51. The highest BCUT2D eigenvalue weighted by atomic mass is 32.1. The summed E-state index contributed by atoms with van der Waals surface area (Å²) in [4.78, 5) is 6.87. The van der Waals surface area contributed by atoms with Gasteiger partial charge in [0.15, 0.2) is 0 Å².